The van der Waals surface area contributed by atoms with Crippen molar-refractivity contribution in [3.63, 3.8) is 0 Å². The Bertz CT molecular complexity index is 1180. The molecule has 3 aromatic rings. The van der Waals surface area contributed by atoms with Crippen LogP contribution in [0.15, 0.2) is 57.1 Å². The molecule has 1 fully saturated rings. The van der Waals surface area contributed by atoms with Gasteiger partial charge < -0.3 is 23.6 Å². The molecule has 1 atom stereocenters. The van der Waals surface area contributed by atoms with Crippen LogP contribution in [0.4, 0.5) is 0 Å². The highest BCUT2D eigenvalue weighted by Crippen LogP contribution is 2.42. The molecule has 7 heteroatoms. The average Bonchev–Trinajstić information content (AvgIpc) is 3.44. The van der Waals surface area contributed by atoms with E-state index in [1.165, 1.54) is 18.3 Å². The first-order valence-electron chi connectivity index (χ1n) is 9.84. The molecule has 1 unspecified atom stereocenters. The molecule has 0 aliphatic carbocycles. The summed E-state index contributed by atoms with van der Waals surface area (Å²) in [4.78, 5) is 27.4. The fourth-order valence-electron chi connectivity index (χ4n) is 4.06. The van der Waals surface area contributed by atoms with Crippen molar-refractivity contribution in [3.8, 4) is 5.75 Å². The number of furan rings is 2. The second kappa shape index (κ2) is 7.83. The molecule has 0 radical (unpaired) electrons. The lowest BCUT2D eigenvalue weighted by molar-refractivity contribution is -0.140. The molecule has 1 aromatic carbocycles. The summed E-state index contributed by atoms with van der Waals surface area (Å²) in [5.41, 5.74) is 1.99. The van der Waals surface area contributed by atoms with Gasteiger partial charge in [0.2, 0.25) is 0 Å². The van der Waals surface area contributed by atoms with Crippen LogP contribution >= 0.6 is 0 Å². The van der Waals surface area contributed by atoms with Gasteiger partial charge in [-0.3, -0.25) is 9.59 Å². The third-order valence-electron chi connectivity index (χ3n) is 5.36. The molecule has 0 saturated carbocycles. The lowest BCUT2D eigenvalue weighted by atomic mass is 9.96. The van der Waals surface area contributed by atoms with E-state index in [1.54, 1.807) is 37.3 Å². The molecule has 1 aliphatic heterocycles. The Kier molecular flexibility index (Phi) is 5.19. The number of methoxy groups -OCH3 is 1. The van der Waals surface area contributed by atoms with Crippen LogP contribution in [0.5, 0.6) is 5.75 Å². The predicted octanol–water partition coefficient (Wildman–Crippen LogP) is 4.43. The number of carbonyl (C=O) groups is 2. The van der Waals surface area contributed by atoms with Crippen molar-refractivity contribution in [1.29, 1.82) is 0 Å². The summed E-state index contributed by atoms with van der Waals surface area (Å²) in [6.07, 6.45) is 1.50. The number of ether oxygens (including phenoxy) is 1. The number of ketones is 1. The van der Waals surface area contributed by atoms with Crippen molar-refractivity contribution in [2.24, 2.45) is 0 Å². The summed E-state index contributed by atoms with van der Waals surface area (Å²) in [5.74, 6) is 0.136. The van der Waals surface area contributed by atoms with Crippen LogP contribution in [0.1, 0.15) is 40.0 Å². The van der Waals surface area contributed by atoms with Crippen LogP contribution < -0.4 is 4.74 Å². The number of aryl methyl sites for hydroxylation is 3. The third-order valence-corrected chi connectivity index (χ3v) is 5.36. The quantitative estimate of drug-likeness (QED) is 0.372. The van der Waals surface area contributed by atoms with Gasteiger partial charge in [-0.15, -0.1) is 0 Å². The zero-order valence-corrected chi connectivity index (χ0v) is 17.8. The van der Waals surface area contributed by atoms with Gasteiger partial charge in [-0.1, -0.05) is 6.07 Å². The first-order chi connectivity index (χ1) is 14.8. The first-order valence-corrected chi connectivity index (χ1v) is 9.84. The van der Waals surface area contributed by atoms with E-state index < -0.39 is 17.7 Å². The van der Waals surface area contributed by atoms with Crippen molar-refractivity contribution in [2.45, 2.75) is 33.4 Å². The van der Waals surface area contributed by atoms with Gasteiger partial charge >= 0.3 is 0 Å². The molecule has 1 amide bonds. The first kappa shape index (κ1) is 20.5. The van der Waals surface area contributed by atoms with E-state index in [9.17, 15) is 14.7 Å². The Balaban J connectivity index is 1.92. The van der Waals surface area contributed by atoms with E-state index in [-0.39, 0.29) is 17.9 Å². The van der Waals surface area contributed by atoms with E-state index in [4.69, 9.17) is 13.6 Å². The number of aliphatic hydroxyl groups excluding tert-OH is 1. The monoisotopic (exact) mass is 421 g/mol. The Hall–Kier alpha value is -3.74. The molecule has 0 spiro atoms. The van der Waals surface area contributed by atoms with Gasteiger partial charge in [0, 0.05) is 0 Å². The molecule has 1 aliphatic rings. The number of hydrogen-bond donors (Lipinski definition) is 1. The minimum atomic E-state index is -0.899. The Labute approximate surface area is 179 Å². The van der Waals surface area contributed by atoms with E-state index in [0.29, 0.717) is 28.6 Å². The maximum Gasteiger partial charge on any atom is 0.296 e. The SMILES string of the molecule is COc1c(C)cc(C)cc1/C(O)=C1\C(=O)C(=O)N(Cc2ccco2)C1c1ccc(C)o1. The highest BCUT2D eigenvalue weighted by Gasteiger charge is 2.48. The molecule has 3 heterocycles. The highest BCUT2D eigenvalue weighted by atomic mass is 16.5. The van der Waals surface area contributed by atoms with Gasteiger partial charge in [0.1, 0.15) is 34.8 Å². The maximum absolute atomic E-state index is 13.1. The summed E-state index contributed by atoms with van der Waals surface area (Å²) in [6.45, 7) is 5.56. The van der Waals surface area contributed by atoms with E-state index in [2.05, 4.69) is 0 Å². The fourth-order valence-corrected chi connectivity index (χ4v) is 4.06. The van der Waals surface area contributed by atoms with Crippen molar-refractivity contribution in [1.82, 2.24) is 4.90 Å². The van der Waals surface area contributed by atoms with Gasteiger partial charge in [-0.05, 0) is 62.2 Å². The number of Topliss-reactive ketones (excluding diaryl/α,β-unsaturated/α-hetero) is 1. The van der Waals surface area contributed by atoms with Gasteiger partial charge in [0.25, 0.3) is 11.7 Å². The van der Waals surface area contributed by atoms with Crippen LogP contribution in [-0.4, -0.2) is 28.8 Å². The van der Waals surface area contributed by atoms with Gasteiger partial charge in [-0.25, -0.2) is 0 Å². The smallest absolute Gasteiger partial charge is 0.296 e. The highest BCUT2D eigenvalue weighted by molar-refractivity contribution is 6.46. The molecular formula is C24H23NO6. The van der Waals surface area contributed by atoms with Crippen molar-refractivity contribution in [2.75, 3.05) is 7.11 Å². The zero-order chi connectivity index (χ0) is 22.3. The van der Waals surface area contributed by atoms with Crippen molar-refractivity contribution < 1.29 is 28.3 Å². The fraction of sp³-hybridized carbons (Fsp3) is 0.250. The number of aliphatic hydroxyl groups is 1. The molecular weight excluding hydrogens is 398 g/mol. The number of rotatable bonds is 5. The standard InChI is InChI=1S/C24H23NO6/c1-13-10-14(2)23(29-4)17(11-13)21(26)19-20(18-8-7-15(3)31-18)25(24(28)22(19)27)12-16-6-5-9-30-16/h5-11,20,26H,12H2,1-4H3/b21-19+. The topological polar surface area (TPSA) is 93.1 Å². The number of carbonyl (C=O) groups excluding carboxylic acids is 2. The molecule has 4 rings (SSSR count). The van der Waals surface area contributed by atoms with Crippen LogP contribution in [0, 0.1) is 20.8 Å². The molecule has 1 N–H and O–H groups in total. The summed E-state index contributed by atoms with van der Waals surface area (Å²) < 4.78 is 16.7. The maximum atomic E-state index is 13.1. The Morgan fingerprint density at radius 2 is 1.94 bits per heavy atom. The molecule has 160 valence electrons. The summed E-state index contributed by atoms with van der Waals surface area (Å²) in [5, 5.41) is 11.3. The van der Waals surface area contributed by atoms with Crippen LogP contribution in [0.2, 0.25) is 0 Å². The molecule has 31 heavy (non-hydrogen) atoms. The number of nitrogens with zero attached hydrogens (tertiary/aromatic N) is 1. The normalized spacial score (nSPS) is 18.1. The second-order valence-electron chi connectivity index (χ2n) is 7.62. The average molecular weight is 421 g/mol. The largest absolute Gasteiger partial charge is 0.507 e. The van der Waals surface area contributed by atoms with E-state index >= 15 is 0 Å². The van der Waals surface area contributed by atoms with Crippen LogP contribution in [-0.2, 0) is 16.1 Å². The second-order valence-corrected chi connectivity index (χ2v) is 7.62. The van der Waals surface area contributed by atoms with Crippen molar-refractivity contribution >= 4 is 17.4 Å². The minimum absolute atomic E-state index is 0.0470. The molecule has 7 nitrogen and oxygen atoms in total. The number of likely N-dealkylation sites (tertiary alicyclic amines) is 1. The lowest BCUT2D eigenvalue weighted by Gasteiger charge is -2.22. The number of amides is 1. The summed E-state index contributed by atoms with van der Waals surface area (Å²) in [7, 11) is 1.50. The van der Waals surface area contributed by atoms with Gasteiger partial charge in [0.15, 0.2) is 0 Å². The lowest BCUT2D eigenvalue weighted by Crippen LogP contribution is -2.28. The van der Waals surface area contributed by atoms with Crippen LogP contribution in [0.25, 0.3) is 5.76 Å². The Morgan fingerprint density at radius 3 is 2.55 bits per heavy atom. The summed E-state index contributed by atoms with van der Waals surface area (Å²) >= 11 is 0. The molecule has 1 saturated heterocycles. The zero-order valence-electron chi connectivity index (χ0n) is 17.8. The van der Waals surface area contributed by atoms with Crippen LogP contribution in [0.3, 0.4) is 0 Å². The van der Waals surface area contributed by atoms with Gasteiger partial charge in [0.05, 0.1) is 31.1 Å². The van der Waals surface area contributed by atoms with Crippen molar-refractivity contribution in [3.05, 3.63) is 82.2 Å². The molecule has 0 bridgehead atoms. The van der Waals surface area contributed by atoms with E-state index in [0.717, 1.165) is 11.1 Å². The van der Waals surface area contributed by atoms with E-state index in [1.807, 2.05) is 19.9 Å². The predicted molar refractivity (Wildman–Crippen MR) is 112 cm³/mol. The van der Waals surface area contributed by atoms with Gasteiger partial charge in [-0.2, -0.15) is 0 Å². The minimum Gasteiger partial charge on any atom is -0.507 e. The number of benzene rings is 1. The number of hydrogen-bond acceptors (Lipinski definition) is 6. The summed E-state index contributed by atoms with van der Waals surface area (Å²) in [6, 6.07) is 9.62. The third kappa shape index (κ3) is 3.52. The molecule has 2 aromatic heterocycles. The Morgan fingerprint density at radius 1 is 1.16 bits per heavy atom.